The van der Waals surface area contributed by atoms with Gasteiger partial charge in [0.1, 0.15) is 18.0 Å². The number of hydrogen-bond acceptors (Lipinski definition) is 3. The largest absolute Gasteiger partial charge is 0.361 e. The van der Waals surface area contributed by atoms with Crippen LogP contribution in [0.2, 0.25) is 0 Å². The van der Waals surface area contributed by atoms with Crippen LogP contribution in [0, 0.1) is 17.9 Å². The summed E-state index contributed by atoms with van der Waals surface area (Å²) in [7, 11) is 0. The molecule has 4 nitrogen and oxygen atoms in total. The highest BCUT2D eigenvalue weighted by Crippen LogP contribution is 2.37. The van der Waals surface area contributed by atoms with Crippen molar-refractivity contribution in [1.82, 2.24) is 9.97 Å². The van der Waals surface area contributed by atoms with Crippen molar-refractivity contribution in [2.45, 2.75) is 0 Å². The summed E-state index contributed by atoms with van der Waals surface area (Å²) >= 11 is 0. The lowest BCUT2D eigenvalue weighted by Crippen LogP contribution is -1.88. The number of nitrogens with zero attached hydrogens (tertiary/aromatic N) is 4. The van der Waals surface area contributed by atoms with Crippen LogP contribution in [0.3, 0.4) is 0 Å². The third-order valence-electron chi connectivity index (χ3n) is 6.72. The molecule has 4 heteroatoms. The average molecular weight is 485 g/mol. The van der Waals surface area contributed by atoms with Crippen LogP contribution in [0.25, 0.3) is 60.1 Å². The van der Waals surface area contributed by atoms with Crippen LogP contribution in [0.1, 0.15) is 5.69 Å². The summed E-state index contributed by atoms with van der Waals surface area (Å²) in [5.74, 6) is 0.397. The first kappa shape index (κ1) is 22.9. The van der Waals surface area contributed by atoms with Gasteiger partial charge in [-0.1, -0.05) is 91.5 Å². The van der Waals surface area contributed by atoms with Crippen molar-refractivity contribution < 1.29 is 0 Å². The van der Waals surface area contributed by atoms with Crippen LogP contribution in [-0.2, 0) is 0 Å². The molecule has 0 aliphatic carbocycles. The minimum absolute atomic E-state index is 0.397. The molecule has 0 aliphatic rings. The first-order valence-corrected chi connectivity index (χ1v) is 12.2. The molecule has 0 saturated carbocycles. The van der Waals surface area contributed by atoms with E-state index in [0.29, 0.717) is 11.5 Å². The fourth-order valence-electron chi connectivity index (χ4n) is 4.82. The molecule has 0 atom stereocenters. The second-order valence-corrected chi connectivity index (χ2v) is 8.92. The van der Waals surface area contributed by atoms with E-state index in [1.54, 1.807) is 12.4 Å². The minimum atomic E-state index is 0.397. The quantitative estimate of drug-likeness (QED) is 0.235. The van der Waals surface area contributed by atoms with Gasteiger partial charge in [-0.2, -0.15) is 5.26 Å². The lowest BCUT2D eigenvalue weighted by atomic mass is 9.91. The van der Waals surface area contributed by atoms with E-state index in [1.165, 1.54) is 21.9 Å². The molecule has 0 saturated heterocycles. The van der Waals surface area contributed by atoms with Gasteiger partial charge < -0.3 is 4.85 Å². The van der Waals surface area contributed by atoms with Crippen LogP contribution in [-0.4, -0.2) is 9.97 Å². The fraction of sp³-hybridized carbons (Fsp3) is 0. The summed E-state index contributed by atoms with van der Waals surface area (Å²) in [6.45, 7) is 7.22. The van der Waals surface area contributed by atoms with E-state index in [0.717, 1.165) is 33.4 Å². The van der Waals surface area contributed by atoms with Gasteiger partial charge in [0.25, 0.3) is 5.82 Å². The van der Waals surface area contributed by atoms with Crippen molar-refractivity contribution in [3.8, 4) is 50.6 Å². The molecule has 176 valence electrons. The van der Waals surface area contributed by atoms with E-state index in [9.17, 15) is 0 Å². The maximum atomic E-state index is 9.17. The number of hydrogen-bond donors (Lipinski definition) is 0. The highest BCUT2D eigenvalue weighted by Gasteiger charge is 2.11. The highest BCUT2D eigenvalue weighted by atomic mass is 14.8. The van der Waals surface area contributed by atoms with E-state index in [4.69, 9.17) is 11.8 Å². The molecule has 0 N–H and O–H groups in total. The van der Waals surface area contributed by atoms with E-state index < -0.39 is 0 Å². The standard InChI is InChI=1S/C34H20N4/c1-36-34-21-28(17-19-38-34)24-8-12-26(13-9-24)31-15-14-30(32-4-2-3-5-33(31)32)25-10-6-23(7-11-25)27-16-18-37-29(20-27)22-35/h2-21H. The van der Waals surface area contributed by atoms with Gasteiger partial charge in [-0.15, -0.1) is 4.98 Å². The number of fused-ring (bicyclic) bond motifs is 1. The molecule has 2 heterocycles. The first-order valence-electron chi connectivity index (χ1n) is 12.2. The van der Waals surface area contributed by atoms with Crippen molar-refractivity contribution in [2.24, 2.45) is 0 Å². The van der Waals surface area contributed by atoms with Gasteiger partial charge in [0.15, 0.2) is 0 Å². The number of rotatable bonds is 4. The zero-order valence-electron chi connectivity index (χ0n) is 20.3. The van der Waals surface area contributed by atoms with Crippen LogP contribution < -0.4 is 0 Å². The van der Waals surface area contributed by atoms with Gasteiger partial charge in [0, 0.05) is 6.20 Å². The van der Waals surface area contributed by atoms with Gasteiger partial charge in [-0.25, -0.2) is 4.98 Å². The molecule has 0 fully saturated rings. The molecule has 0 amide bonds. The van der Waals surface area contributed by atoms with Crippen molar-refractivity contribution in [2.75, 3.05) is 0 Å². The molecular formula is C34H20N4. The maximum Gasteiger partial charge on any atom is 0.270 e. The fourth-order valence-corrected chi connectivity index (χ4v) is 4.82. The predicted octanol–water partition coefficient (Wildman–Crippen LogP) is 8.72. The van der Waals surface area contributed by atoms with Gasteiger partial charge in [-0.3, -0.25) is 0 Å². The van der Waals surface area contributed by atoms with Gasteiger partial charge >= 0.3 is 0 Å². The first-order chi connectivity index (χ1) is 18.7. The summed E-state index contributed by atoms with van der Waals surface area (Å²) in [5, 5.41) is 11.5. The van der Waals surface area contributed by atoms with Crippen molar-refractivity contribution >= 4 is 16.6 Å². The molecule has 4 aromatic carbocycles. The third-order valence-corrected chi connectivity index (χ3v) is 6.72. The van der Waals surface area contributed by atoms with Crippen LogP contribution >= 0.6 is 0 Å². The number of nitriles is 1. The molecule has 0 aliphatic heterocycles. The Morgan fingerprint density at radius 1 is 0.553 bits per heavy atom. The summed E-state index contributed by atoms with van der Waals surface area (Å²) in [5.41, 5.74) is 9.08. The van der Waals surface area contributed by atoms with Gasteiger partial charge in [-0.05, 0) is 79.5 Å². The summed E-state index contributed by atoms with van der Waals surface area (Å²) in [4.78, 5) is 11.6. The van der Waals surface area contributed by atoms with Crippen molar-refractivity contribution in [1.29, 1.82) is 5.26 Å². The molecule has 6 aromatic rings. The molecule has 0 unspecified atom stereocenters. The summed E-state index contributed by atoms with van der Waals surface area (Å²) in [6.07, 6.45) is 3.35. The second-order valence-electron chi connectivity index (χ2n) is 8.92. The Morgan fingerprint density at radius 3 is 1.58 bits per heavy atom. The van der Waals surface area contributed by atoms with E-state index in [2.05, 4.69) is 106 Å². The van der Waals surface area contributed by atoms with E-state index >= 15 is 0 Å². The molecular weight excluding hydrogens is 464 g/mol. The summed E-state index contributed by atoms with van der Waals surface area (Å²) < 4.78 is 0. The smallest absolute Gasteiger partial charge is 0.270 e. The number of benzene rings is 4. The molecule has 0 bridgehead atoms. The molecule has 2 aromatic heterocycles. The SMILES string of the molecule is [C-]#[N+]c1cc(-c2ccc(-c3ccc(-c4ccc(-c5ccnc(C#N)c5)cc4)c4ccccc34)cc2)ccn1. The van der Waals surface area contributed by atoms with Crippen LogP contribution in [0.5, 0.6) is 0 Å². The lowest BCUT2D eigenvalue weighted by Gasteiger charge is -2.13. The Bertz CT molecular complexity index is 1730. The Morgan fingerprint density at radius 2 is 1.05 bits per heavy atom. The zero-order chi connectivity index (χ0) is 25.9. The Kier molecular flexibility index (Phi) is 5.91. The zero-order valence-corrected chi connectivity index (χ0v) is 20.3. The highest BCUT2D eigenvalue weighted by molar-refractivity contribution is 6.05. The van der Waals surface area contributed by atoms with Crippen LogP contribution in [0.15, 0.2) is 122 Å². The maximum absolute atomic E-state index is 9.17. The molecule has 6 rings (SSSR count). The normalized spacial score (nSPS) is 10.6. The van der Waals surface area contributed by atoms with E-state index in [1.807, 2.05) is 24.3 Å². The number of pyridine rings is 2. The Balaban J connectivity index is 1.36. The second kappa shape index (κ2) is 9.82. The topological polar surface area (TPSA) is 53.9 Å². The average Bonchev–Trinajstić information content (AvgIpc) is 3.01. The molecule has 38 heavy (non-hydrogen) atoms. The predicted molar refractivity (Wildman–Crippen MR) is 152 cm³/mol. The van der Waals surface area contributed by atoms with Gasteiger partial charge in [0.05, 0.1) is 0 Å². The minimum Gasteiger partial charge on any atom is -0.361 e. The monoisotopic (exact) mass is 484 g/mol. The molecule has 0 radical (unpaired) electrons. The van der Waals surface area contributed by atoms with Crippen LogP contribution in [0.4, 0.5) is 5.82 Å². The Labute approximate surface area is 221 Å². The summed E-state index contributed by atoms with van der Waals surface area (Å²) in [6, 6.07) is 39.3. The van der Waals surface area contributed by atoms with E-state index in [-0.39, 0.29) is 0 Å². The lowest BCUT2D eigenvalue weighted by molar-refractivity contribution is 1.26. The van der Waals surface area contributed by atoms with Crippen molar-refractivity contribution in [3.05, 3.63) is 139 Å². The third kappa shape index (κ3) is 4.28. The van der Waals surface area contributed by atoms with Crippen molar-refractivity contribution in [3.63, 3.8) is 0 Å². The Hall–Kier alpha value is -5.58. The van der Waals surface area contributed by atoms with Gasteiger partial charge in [0.2, 0.25) is 0 Å². The number of aromatic nitrogens is 2. The molecule has 0 spiro atoms.